The summed E-state index contributed by atoms with van der Waals surface area (Å²) >= 11 is 0. The Morgan fingerprint density at radius 2 is 2.00 bits per heavy atom. The summed E-state index contributed by atoms with van der Waals surface area (Å²) in [6, 6.07) is 6.07. The van der Waals surface area contributed by atoms with E-state index in [1.165, 1.54) is 12.0 Å². The fraction of sp³-hybridized carbons (Fsp3) is 0.538. The van der Waals surface area contributed by atoms with Gasteiger partial charge in [-0.15, -0.1) is 0 Å². The molecule has 0 aromatic heterocycles. The molecule has 0 unspecified atom stereocenters. The molecule has 1 fully saturated rings. The lowest BCUT2D eigenvalue weighted by Crippen LogP contribution is -2.45. The fourth-order valence-electron chi connectivity index (χ4n) is 2.25. The Labute approximate surface area is 95.0 Å². The van der Waals surface area contributed by atoms with Crippen LogP contribution < -0.4 is 9.47 Å². The maximum Gasteiger partial charge on any atom is 0.251 e. The highest BCUT2D eigenvalue weighted by atomic mass is 16.7. The first-order chi connectivity index (χ1) is 7.81. The predicted molar refractivity (Wildman–Crippen MR) is 59.7 cm³/mol. The van der Waals surface area contributed by atoms with Crippen LogP contribution >= 0.6 is 0 Å². The summed E-state index contributed by atoms with van der Waals surface area (Å²) in [6.07, 6.45) is 4.86. The number of aliphatic hydroxyl groups is 1. The summed E-state index contributed by atoms with van der Waals surface area (Å²) in [5.41, 5.74) is 1.20. The van der Waals surface area contributed by atoms with Crippen LogP contribution in [0.2, 0.25) is 0 Å². The van der Waals surface area contributed by atoms with Gasteiger partial charge in [0, 0.05) is 19.4 Å². The zero-order valence-electron chi connectivity index (χ0n) is 9.24. The van der Waals surface area contributed by atoms with Crippen molar-refractivity contribution in [1.29, 1.82) is 0 Å². The van der Waals surface area contributed by atoms with E-state index in [-0.39, 0.29) is 12.4 Å². The molecule has 0 atom stereocenters. The van der Waals surface area contributed by atoms with Crippen LogP contribution in [0, 0.1) is 0 Å². The molecule has 86 valence electrons. The summed E-state index contributed by atoms with van der Waals surface area (Å²) in [7, 11) is 0. The molecule has 1 aliphatic heterocycles. The monoisotopic (exact) mass is 220 g/mol. The molecule has 2 aliphatic rings. The molecule has 1 heterocycles. The quantitative estimate of drug-likeness (QED) is 0.849. The minimum atomic E-state index is -0.335. The van der Waals surface area contributed by atoms with Gasteiger partial charge in [0.05, 0.1) is 0 Å². The van der Waals surface area contributed by atoms with E-state index in [4.69, 9.17) is 14.6 Å². The van der Waals surface area contributed by atoms with Crippen LogP contribution in [0.15, 0.2) is 18.2 Å². The van der Waals surface area contributed by atoms with Crippen molar-refractivity contribution in [2.24, 2.45) is 0 Å². The number of aryl methyl sites for hydroxylation is 1. The number of rotatable bonds is 3. The molecular formula is C13H16O3. The molecule has 0 saturated heterocycles. The minimum Gasteiger partial charge on any atom is -0.448 e. The highest BCUT2D eigenvalue weighted by Gasteiger charge is 2.47. The van der Waals surface area contributed by atoms with Gasteiger partial charge in [-0.3, -0.25) is 0 Å². The van der Waals surface area contributed by atoms with Gasteiger partial charge in [-0.05, 0) is 37.0 Å². The second-order valence-corrected chi connectivity index (χ2v) is 4.58. The van der Waals surface area contributed by atoms with E-state index in [0.717, 1.165) is 37.2 Å². The van der Waals surface area contributed by atoms with Gasteiger partial charge in [-0.25, -0.2) is 0 Å². The van der Waals surface area contributed by atoms with E-state index in [2.05, 4.69) is 6.07 Å². The maximum absolute atomic E-state index is 8.80. The van der Waals surface area contributed by atoms with Crippen LogP contribution in [0.5, 0.6) is 11.5 Å². The van der Waals surface area contributed by atoms with Crippen molar-refractivity contribution in [3.05, 3.63) is 23.8 Å². The van der Waals surface area contributed by atoms with Crippen LogP contribution in [0.1, 0.15) is 31.2 Å². The average Bonchev–Trinajstić information content (AvgIpc) is 2.64. The number of hydrogen-bond donors (Lipinski definition) is 1. The lowest BCUT2D eigenvalue weighted by molar-refractivity contribution is -0.138. The summed E-state index contributed by atoms with van der Waals surface area (Å²) in [5, 5.41) is 8.80. The minimum absolute atomic E-state index is 0.235. The highest BCUT2D eigenvalue weighted by molar-refractivity contribution is 5.46. The maximum atomic E-state index is 8.80. The molecule has 1 N–H and O–H groups in total. The van der Waals surface area contributed by atoms with E-state index in [1.54, 1.807) is 0 Å². The number of ether oxygens (including phenoxy) is 2. The first-order valence-electron chi connectivity index (χ1n) is 5.93. The van der Waals surface area contributed by atoms with Gasteiger partial charge in [0.2, 0.25) is 0 Å². The third-order valence-corrected chi connectivity index (χ3v) is 3.34. The van der Waals surface area contributed by atoms with E-state index >= 15 is 0 Å². The first kappa shape index (κ1) is 9.97. The van der Waals surface area contributed by atoms with Gasteiger partial charge in [0.15, 0.2) is 11.5 Å². The Hall–Kier alpha value is -1.22. The fourth-order valence-corrected chi connectivity index (χ4v) is 2.25. The lowest BCUT2D eigenvalue weighted by Gasteiger charge is -2.35. The molecule has 0 amide bonds. The van der Waals surface area contributed by atoms with Crippen molar-refractivity contribution in [3.8, 4) is 11.5 Å². The Bertz CT molecular complexity index is 396. The summed E-state index contributed by atoms with van der Waals surface area (Å²) in [4.78, 5) is 0. The molecule has 0 radical (unpaired) electrons. The zero-order chi connectivity index (χ0) is 11.0. The van der Waals surface area contributed by atoms with Crippen LogP contribution in [0.25, 0.3) is 0 Å². The second-order valence-electron chi connectivity index (χ2n) is 4.58. The highest BCUT2D eigenvalue weighted by Crippen LogP contribution is 2.48. The van der Waals surface area contributed by atoms with Crippen molar-refractivity contribution in [1.82, 2.24) is 0 Å². The summed E-state index contributed by atoms with van der Waals surface area (Å²) in [5.74, 6) is 1.40. The number of hydrogen-bond acceptors (Lipinski definition) is 3. The van der Waals surface area contributed by atoms with Gasteiger partial charge in [-0.2, -0.15) is 0 Å². The van der Waals surface area contributed by atoms with E-state index < -0.39 is 0 Å². The third kappa shape index (κ3) is 1.55. The second kappa shape index (κ2) is 3.67. The molecule has 1 spiro atoms. The van der Waals surface area contributed by atoms with Gasteiger partial charge in [0.1, 0.15) is 0 Å². The molecule has 1 aliphatic carbocycles. The topological polar surface area (TPSA) is 38.7 Å². The van der Waals surface area contributed by atoms with Gasteiger partial charge < -0.3 is 14.6 Å². The SMILES string of the molecule is OCCCc1ccc2c(c1)OC1(CCC1)O2. The molecule has 1 aromatic rings. The Morgan fingerprint density at radius 1 is 1.19 bits per heavy atom. The molecule has 3 rings (SSSR count). The number of fused-ring (bicyclic) bond motifs is 1. The largest absolute Gasteiger partial charge is 0.448 e. The standard InChI is InChI=1S/C13H16O3/c14-8-1-3-10-4-5-11-12(9-10)16-13(15-11)6-2-7-13/h4-5,9,14H,1-3,6-8H2. The van der Waals surface area contributed by atoms with Gasteiger partial charge >= 0.3 is 0 Å². The molecule has 0 bridgehead atoms. The zero-order valence-corrected chi connectivity index (χ0v) is 9.24. The molecule has 1 aromatic carbocycles. The molecular weight excluding hydrogens is 204 g/mol. The first-order valence-corrected chi connectivity index (χ1v) is 5.93. The van der Waals surface area contributed by atoms with E-state index in [9.17, 15) is 0 Å². The van der Waals surface area contributed by atoms with Crippen LogP contribution in [-0.4, -0.2) is 17.5 Å². The van der Waals surface area contributed by atoms with E-state index in [1.807, 2.05) is 12.1 Å². The van der Waals surface area contributed by atoms with Crippen LogP contribution in [-0.2, 0) is 6.42 Å². The Morgan fingerprint density at radius 3 is 2.69 bits per heavy atom. The smallest absolute Gasteiger partial charge is 0.251 e. The predicted octanol–water partition coefficient (Wildman–Crippen LogP) is 2.26. The van der Waals surface area contributed by atoms with Crippen molar-refractivity contribution in [3.63, 3.8) is 0 Å². The molecule has 3 heteroatoms. The van der Waals surface area contributed by atoms with Gasteiger partial charge in [0.25, 0.3) is 5.79 Å². The number of benzene rings is 1. The van der Waals surface area contributed by atoms with Gasteiger partial charge in [-0.1, -0.05) is 6.07 Å². The normalized spacial score (nSPS) is 19.8. The Balaban J connectivity index is 1.77. The third-order valence-electron chi connectivity index (χ3n) is 3.34. The van der Waals surface area contributed by atoms with Crippen LogP contribution in [0.3, 0.4) is 0 Å². The average molecular weight is 220 g/mol. The van der Waals surface area contributed by atoms with Crippen molar-refractivity contribution in [2.45, 2.75) is 37.9 Å². The van der Waals surface area contributed by atoms with Crippen molar-refractivity contribution in [2.75, 3.05) is 6.61 Å². The van der Waals surface area contributed by atoms with Crippen LogP contribution in [0.4, 0.5) is 0 Å². The molecule has 16 heavy (non-hydrogen) atoms. The Kier molecular flexibility index (Phi) is 2.28. The molecule has 3 nitrogen and oxygen atoms in total. The van der Waals surface area contributed by atoms with Crippen molar-refractivity contribution < 1.29 is 14.6 Å². The summed E-state index contributed by atoms with van der Waals surface area (Å²) < 4.78 is 11.7. The van der Waals surface area contributed by atoms with Crippen molar-refractivity contribution >= 4 is 0 Å². The lowest BCUT2D eigenvalue weighted by atomic mass is 9.91. The molecule has 1 saturated carbocycles. The van der Waals surface area contributed by atoms with E-state index in [0.29, 0.717) is 0 Å². The number of aliphatic hydroxyl groups excluding tert-OH is 1. The summed E-state index contributed by atoms with van der Waals surface area (Å²) in [6.45, 7) is 0.235.